The Bertz CT molecular complexity index is 1240. The van der Waals surface area contributed by atoms with Crippen LogP contribution < -0.4 is 10.1 Å². The summed E-state index contributed by atoms with van der Waals surface area (Å²) in [5.41, 5.74) is 3.81. The number of hydrogen-bond acceptors (Lipinski definition) is 3. The van der Waals surface area contributed by atoms with Gasteiger partial charge in [-0.15, -0.1) is 0 Å². The molecule has 3 aromatic rings. The molecule has 0 unspecified atom stereocenters. The van der Waals surface area contributed by atoms with Gasteiger partial charge in [-0.05, 0) is 83.7 Å². The van der Waals surface area contributed by atoms with Gasteiger partial charge in [-0.3, -0.25) is 4.79 Å². The molecule has 1 amide bonds. The van der Waals surface area contributed by atoms with Crippen molar-refractivity contribution in [2.24, 2.45) is 11.3 Å². The lowest BCUT2D eigenvalue weighted by atomic mass is 9.54. The molecule has 0 aromatic heterocycles. The second-order valence-electron chi connectivity index (χ2n) is 9.99. The molecule has 2 aliphatic rings. The van der Waals surface area contributed by atoms with Gasteiger partial charge in [0.25, 0.3) is 0 Å². The lowest BCUT2D eigenvalue weighted by Crippen LogP contribution is -2.45. The van der Waals surface area contributed by atoms with Crippen molar-refractivity contribution in [2.75, 3.05) is 13.7 Å². The van der Waals surface area contributed by atoms with E-state index in [1.54, 1.807) is 7.11 Å². The largest absolute Gasteiger partial charge is 0.497 e. The molecule has 1 aliphatic carbocycles. The van der Waals surface area contributed by atoms with Crippen molar-refractivity contribution in [3.8, 4) is 16.9 Å². The van der Waals surface area contributed by atoms with E-state index in [1.165, 1.54) is 0 Å². The minimum absolute atomic E-state index is 0.0106. The fraction of sp³-hybridized carbons (Fsp3) is 0.367. The van der Waals surface area contributed by atoms with Gasteiger partial charge in [-0.25, -0.2) is 0 Å². The fourth-order valence-corrected chi connectivity index (χ4v) is 7.10. The number of halogens is 2. The highest BCUT2D eigenvalue weighted by atomic mass is 35.5. The van der Waals surface area contributed by atoms with Gasteiger partial charge in [0.15, 0.2) is 0 Å². The van der Waals surface area contributed by atoms with Crippen molar-refractivity contribution < 1.29 is 14.6 Å². The Morgan fingerprint density at radius 3 is 2.33 bits per heavy atom. The van der Waals surface area contributed by atoms with E-state index < -0.39 is 5.41 Å². The van der Waals surface area contributed by atoms with Crippen molar-refractivity contribution in [3.05, 3.63) is 87.9 Å². The number of aliphatic hydroxyl groups excluding tert-OH is 1. The predicted octanol–water partition coefficient (Wildman–Crippen LogP) is 6.83. The van der Waals surface area contributed by atoms with Gasteiger partial charge in [0.05, 0.1) is 25.2 Å². The molecule has 1 heterocycles. The van der Waals surface area contributed by atoms with Crippen molar-refractivity contribution in [1.82, 2.24) is 5.32 Å². The van der Waals surface area contributed by atoms with E-state index in [0.717, 1.165) is 47.3 Å². The first-order valence-corrected chi connectivity index (χ1v) is 13.3. The van der Waals surface area contributed by atoms with Crippen LogP contribution in [0.25, 0.3) is 11.1 Å². The van der Waals surface area contributed by atoms with E-state index in [9.17, 15) is 9.90 Å². The molecule has 1 aliphatic heterocycles. The number of aliphatic hydroxyl groups is 1. The summed E-state index contributed by atoms with van der Waals surface area (Å²) in [5.74, 6) is 0.947. The molecule has 0 bridgehead atoms. The first-order chi connectivity index (χ1) is 17.4. The molecule has 1 saturated carbocycles. The highest BCUT2D eigenvalue weighted by molar-refractivity contribution is 6.31. The van der Waals surface area contributed by atoms with Crippen molar-refractivity contribution >= 4 is 29.1 Å². The summed E-state index contributed by atoms with van der Waals surface area (Å²) < 4.78 is 5.28. The molecule has 5 atom stereocenters. The highest BCUT2D eigenvalue weighted by Crippen LogP contribution is 2.60. The summed E-state index contributed by atoms with van der Waals surface area (Å²) in [6, 6.07) is 21.8. The Balaban J connectivity index is 1.58. The number of rotatable bonds is 6. The molecule has 5 rings (SSSR count). The van der Waals surface area contributed by atoms with Crippen LogP contribution in [0.2, 0.25) is 10.0 Å². The monoisotopic (exact) mass is 523 g/mol. The molecule has 6 heteroatoms. The van der Waals surface area contributed by atoms with E-state index in [0.29, 0.717) is 10.0 Å². The third kappa shape index (κ3) is 4.19. The molecule has 1 saturated heterocycles. The summed E-state index contributed by atoms with van der Waals surface area (Å²) in [6.07, 6.45) is 2.34. The summed E-state index contributed by atoms with van der Waals surface area (Å²) in [6.45, 7) is 2.00. The van der Waals surface area contributed by atoms with Gasteiger partial charge >= 0.3 is 0 Å². The number of methoxy groups -OCH3 is 1. The third-order valence-electron chi connectivity index (χ3n) is 8.47. The van der Waals surface area contributed by atoms with Crippen LogP contribution in [-0.2, 0) is 4.79 Å². The second kappa shape index (κ2) is 10.1. The van der Waals surface area contributed by atoms with Gasteiger partial charge < -0.3 is 15.2 Å². The smallest absolute Gasteiger partial charge is 0.226 e. The minimum Gasteiger partial charge on any atom is -0.497 e. The summed E-state index contributed by atoms with van der Waals surface area (Å²) in [4.78, 5) is 13.2. The van der Waals surface area contributed by atoms with E-state index in [-0.39, 0.29) is 36.3 Å². The third-order valence-corrected chi connectivity index (χ3v) is 9.05. The topological polar surface area (TPSA) is 58.6 Å². The molecule has 2 fully saturated rings. The van der Waals surface area contributed by atoms with E-state index in [1.807, 2.05) is 42.5 Å². The lowest BCUT2D eigenvalue weighted by molar-refractivity contribution is -0.131. The van der Waals surface area contributed by atoms with Crippen molar-refractivity contribution in [3.63, 3.8) is 0 Å². The maximum Gasteiger partial charge on any atom is 0.226 e. The normalized spacial score (nSPS) is 27.4. The fourth-order valence-electron chi connectivity index (χ4n) is 6.65. The Hall–Kier alpha value is -2.53. The van der Waals surface area contributed by atoms with E-state index in [4.69, 9.17) is 27.9 Å². The first kappa shape index (κ1) is 25.1. The standard InChI is InChI=1S/C30H31Cl2NO3/c1-3-30-15-14-24(23-13-8-20(16-25(23)32)18-6-11-22(36-2)12-7-18)27(19-4-9-21(31)10-5-19)28(30)26(17-34)33-29(30)35/h4-13,16,24,26-28,34H,3,14-15,17H2,1-2H3,(H,33,35)/t24-,26+,27-,28-,30+/m0/s1. The maximum absolute atomic E-state index is 13.2. The molecule has 2 N–H and O–H groups in total. The molecule has 0 spiro atoms. The Morgan fingerprint density at radius 1 is 1.03 bits per heavy atom. The zero-order valence-corrected chi connectivity index (χ0v) is 22.0. The Morgan fingerprint density at radius 2 is 1.72 bits per heavy atom. The van der Waals surface area contributed by atoms with Gasteiger partial charge in [0.1, 0.15) is 5.75 Å². The maximum atomic E-state index is 13.2. The Kier molecular flexibility index (Phi) is 7.04. The zero-order chi connectivity index (χ0) is 25.4. The number of ether oxygens (including phenoxy) is 1. The number of carbonyl (C=O) groups excluding carboxylic acids is 1. The van der Waals surface area contributed by atoms with E-state index >= 15 is 0 Å². The molecular formula is C30H31Cl2NO3. The van der Waals surface area contributed by atoms with Crippen LogP contribution in [0.4, 0.5) is 0 Å². The van der Waals surface area contributed by atoms with Crippen LogP contribution in [0.5, 0.6) is 5.75 Å². The first-order valence-electron chi connectivity index (χ1n) is 12.5. The molecule has 3 aromatic carbocycles. The van der Waals surface area contributed by atoms with Gasteiger partial charge in [0, 0.05) is 16.0 Å². The predicted molar refractivity (Wildman–Crippen MR) is 145 cm³/mol. The number of amides is 1. The number of hydrogen-bond donors (Lipinski definition) is 2. The SMILES string of the molecule is CC[C@@]12CC[C@@H](c3ccc(-c4ccc(OC)cc4)cc3Cl)[C@H](c3ccc(Cl)cc3)[C@@H]1[C@@H](CO)NC2=O. The molecule has 188 valence electrons. The van der Waals surface area contributed by atoms with Crippen LogP contribution in [0.15, 0.2) is 66.7 Å². The number of nitrogens with one attached hydrogen (secondary N) is 1. The average molecular weight is 524 g/mol. The second-order valence-corrected chi connectivity index (χ2v) is 10.8. The summed E-state index contributed by atoms with van der Waals surface area (Å²) in [5, 5.41) is 14.8. The minimum atomic E-state index is -0.496. The van der Waals surface area contributed by atoms with Crippen LogP contribution in [0.3, 0.4) is 0 Å². The van der Waals surface area contributed by atoms with Gasteiger partial charge in [-0.1, -0.05) is 66.5 Å². The molecule has 0 radical (unpaired) electrons. The van der Waals surface area contributed by atoms with Crippen LogP contribution in [0, 0.1) is 11.3 Å². The van der Waals surface area contributed by atoms with Crippen LogP contribution in [-0.4, -0.2) is 30.8 Å². The Labute approximate surface area is 222 Å². The number of fused-ring (bicyclic) bond motifs is 1. The quantitative estimate of drug-likeness (QED) is 0.372. The molecule has 4 nitrogen and oxygen atoms in total. The van der Waals surface area contributed by atoms with Gasteiger partial charge in [0.2, 0.25) is 5.91 Å². The molecule has 36 heavy (non-hydrogen) atoms. The average Bonchev–Trinajstić information content (AvgIpc) is 3.20. The van der Waals surface area contributed by atoms with Crippen LogP contribution >= 0.6 is 23.2 Å². The number of carbonyl (C=O) groups is 1. The number of benzene rings is 3. The summed E-state index contributed by atoms with van der Waals surface area (Å²) >= 11 is 13.2. The zero-order valence-electron chi connectivity index (χ0n) is 20.5. The van der Waals surface area contributed by atoms with E-state index in [2.05, 4.69) is 36.5 Å². The summed E-state index contributed by atoms with van der Waals surface area (Å²) in [7, 11) is 1.66. The van der Waals surface area contributed by atoms with Gasteiger partial charge in [-0.2, -0.15) is 0 Å². The lowest BCUT2D eigenvalue weighted by Gasteiger charge is -2.48. The van der Waals surface area contributed by atoms with Crippen LogP contribution in [0.1, 0.15) is 49.1 Å². The molecular weight excluding hydrogens is 493 g/mol. The van der Waals surface area contributed by atoms with Crippen molar-refractivity contribution in [1.29, 1.82) is 0 Å². The van der Waals surface area contributed by atoms with Crippen molar-refractivity contribution in [2.45, 2.75) is 44.1 Å². The highest BCUT2D eigenvalue weighted by Gasteiger charge is 2.60.